The Kier molecular flexibility index (Phi) is 6.41. The van der Waals surface area contributed by atoms with E-state index in [1.165, 1.54) is 5.56 Å². The lowest BCUT2D eigenvalue weighted by Gasteiger charge is -2.44. The van der Waals surface area contributed by atoms with Crippen molar-refractivity contribution in [1.29, 1.82) is 0 Å². The number of amides is 1. The molecule has 0 radical (unpaired) electrons. The van der Waals surface area contributed by atoms with E-state index in [1.54, 1.807) is 6.07 Å². The molecule has 3 heterocycles. The van der Waals surface area contributed by atoms with E-state index in [9.17, 15) is 4.79 Å². The highest BCUT2D eigenvalue weighted by atomic mass is 19.1. The molecule has 3 aliphatic heterocycles. The van der Waals surface area contributed by atoms with Crippen molar-refractivity contribution in [3.05, 3.63) is 58.9 Å². The third-order valence-electron chi connectivity index (χ3n) is 8.28. The van der Waals surface area contributed by atoms with Gasteiger partial charge in [-0.2, -0.15) is 0 Å². The van der Waals surface area contributed by atoms with Crippen LogP contribution in [0.5, 0.6) is 0 Å². The number of aryl methyl sites for hydroxylation is 2. The Balaban J connectivity index is 1.36. The van der Waals surface area contributed by atoms with Crippen LogP contribution in [0.2, 0.25) is 0 Å². The molecule has 4 aliphatic rings. The zero-order valence-corrected chi connectivity index (χ0v) is 20.7. The number of benzene rings is 2. The molecule has 34 heavy (non-hydrogen) atoms. The Morgan fingerprint density at radius 3 is 2.56 bits per heavy atom. The third kappa shape index (κ3) is 4.59. The molecule has 4 nitrogen and oxygen atoms in total. The van der Waals surface area contributed by atoms with Gasteiger partial charge in [0.1, 0.15) is 11.9 Å². The lowest BCUT2D eigenvalue weighted by Crippen LogP contribution is -2.53. The first kappa shape index (κ1) is 23.3. The average Bonchev–Trinajstić information content (AvgIpc) is 2.82. The highest BCUT2D eigenvalue weighted by molar-refractivity contribution is 5.70. The van der Waals surface area contributed by atoms with E-state index in [0.29, 0.717) is 11.5 Å². The molecular formula is C29H37FN2O2. The summed E-state index contributed by atoms with van der Waals surface area (Å²) in [5, 5.41) is 3.13. The van der Waals surface area contributed by atoms with Gasteiger partial charge in [0.25, 0.3) is 0 Å². The number of alkyl carbamates (subject to hydrolysis) is 1. The minimum absolute atomic E-state index is 0.0385. The van der Waals surface area contributed by atoms with Gasteiger partial charge in [-0.25, -0.2) is 9.18 Å². The van der Waals surface area contributed by atoms with Gasteiger partial charge in [0.05, 0.1) is 6.04 Å². The Hall–Kier alpha value is -2.40. The average molecular weight is 465 g/mol. The summed E-state index contributed by atoms with van der Waals surface area (Å²) in [6.45, 7) is 9.50. The van der Waals surface area contributed by atoms with Gasteiger partial charge in [0.2, 0.25) is 0 Å². The van der Waals surface area contributed by atoms with Crippen LogP contribution in [0, 0.1) is 17.2 Å². The monoisotopic (exact) mass is 464 g/mol. The number of nitrogens with zero attached hydrogens (tertiary/aromatic N) is 1. The number of halogens is 1. The Morgan fingerprint density at radius 1 is 1.18 bits per heavy atom. The number of carbonyl (C=O) groups excluding carboxylic acids is 1. The summed E-state index contributed by atoms with van der Waals surface area (Å²) in [6.07, 6.45) is 5.71. The summed E-state index contributed by atoms with van der Waals surface area (Å²) in [4.78, 5) is 15.3. The number of ether oxygens (including phenoxy) is 1. The van der Waals surface area contributed by atoms with Crippen LogP contribution in [0.1, 0.15) is 69.2 Å². The Bertz CT molecular complexity index is 1040. The van der Waals surface area contributed by atoms with E-state index in [2.05, 4.69) is 43.1 Å². The highest BCUT2D eigenvalue weighted by Gasteiger charge is 2.40. The maximum atomic E-state index is 15.4. The van der Waals surface area contributed by atoms with Crippen molar-refractivity contribution < 1.29 is 13.9 Å². The van der Waals surface area contributed by atoms with Crippen LogP contribution in [-0.4, -0.2) is 36.7 Å². The Morgan fingerprint density at radius 2 is 1.91 bits per heavy atom. The second-order valence-electron chi connectivity index (χ2n) is 11.1. The molecule has 2 bridgehead atoms. The molecule has 1 unspecified atom stereocenters. The smallest absolute Gasteiger partial charge is 0.407 e. The van der Waals surface area contributed by atoms with Crippen LogP contribution in [0.3, 0.4) is 0 Å². The minimum atomic E-state index is -0.374. The van der Waals surface area contributed by atoms with E-state index >= 15 is 4.39 Å². The molecule has 0 aromatic heterocycles. The second-order valence-corrected chi connectivity index (χ2v) is 11.1. The minimum Gasteiger partial charge on any atom is -0.445 e. The van der Waals surface area contributed by atoms with Crippen LogP contribution in [-0.2, 0) is 17.6 Å². The maximum absolute atomic E-state index is 15.4. The third-order valence-corrected chi connectivity index (χ3v) is 8.28. The summed E-state index contributed by atoms with van der Waals surface area (Å²) in [6, 6.07) is 11.6. The number of carbonyl (C=O) groups is 1. The largest absolute Gasteiger partial charge is 0.445 e. The first-order valence-electron chi connectivity index (χ1n) is 12.9. The summed E-state index contributed by atoms with van der Waals surface area (Å²) in [5.74, 6) is 0.225. The van der Waals surface area contributed by atoms with Crippen LogP contribution in [0.25, 0.3) is 11.1 Å². The molecular weight excluding hydrogens is 427 g/mol. The molecule has 5 heteroatoms. The lowest BCUT2D eigenvalue weighted by molar-refractivity contribution is -0.0353. The van der Waals surface area contributed by atoms with Crippen LogP contribution < -0.4 is 5.32 Å². The van der Waals surface area contributed by atoms with Gasteiger partial charge in [-0.3, -0.25) is 4.90 Å². The van der Waals surface area contributed by atoms with Crippen molar-refractivity contribution in [2.75, 3.05) is 19.6 Å². The fourth-order valence-corrected chi connectivity index (χ4v) is 6.11. The van der Waals surface area contributed by atoms with Crippen molar-refractivity contribution >= 4 is 6.09 Å². The predicted octanol–water partition coefficient (Wildman–Crippen LogP) is 6.28. The van der Waals surface area contributed by atoms with E-state index < -0.39 is 0 Å². The van der Waals surface area contributed by atoms with E-state index in [0.717, 1.165) is 74.8 Å². The van der Waals surface area contributed by atoms with Gasteiger partial charge in [-0.05, 0) is 90.9 Å². The second kappa shape index (κ2) is 9.33. The number of hydrogen-bond acceptors (Lipinski definition) is 3. The van der Waals surface area contributed by atoms with Gasteiger partial charge in [-0.15, -0.1) is 0 Å². The lowest BCUT2D eigenvalue weighted by atomic mass is 9.70. The molecule has 0 saturated carbocycles. The standard InChI is InChI=1S/C29H37FN2O2/c1-4-5-19-6-8-20(9-7-19)23-16-22-10-13-29(2,3)27(24(22)17-25(23)30)31-28(33)34-26-18-32-14-11-21(26)12-15-32/h6-9,16-17,21,26-27H,4-5,10-15,18H2,1-3H3,(H,31,33)/t26-,27?/m1/s1. The zero-order chi connectivity index (χ0) is 23.9. The fourth-order valence-electron chi connectivity index (χ4n) is 6.11. The van der Waals surface area contributed by atoms with Crippen molar-refractivity contribution in [3.8, 4) is 11.1 Å². The van der Waals surface area contributed by atoms with Crippen LogP contribution in [0.4, 0.5) is 9.18 Å². The molecule has 1 amide bonds. The highest BCUT2D eigenvalue weighted by Crippen LogP contribution is 2.45. The summed E-state index contributed by atoms with van der Waals surface area (Å²) in [5.41, 5.74) is 4.62. The molecule has 3 saturated heterocycles. The maximum Gasteiger partial charge on any atom is 0.407 e. The van der Waals surface area contributed by atoms with Gasteiger partial charge in [0, 0.05) is 12.1 Å². The van der Waals surface area contributed by atoms with E-state index in [4.69, 9.17) is 4.74 Å². The fraction of sp³-hybridized carbons (Fsp3) is 0.552. The predicted molar refractivity (Wildman–Crippen MR) is 133 cm³/mol. The molecule has 6 rings (SSSR count). The molecule has 3 fully saturated rings. The summed E-state index contributed by atoms with van der Waals surface area (Å²) >= 11 is 0. The summed E-state index contributed by atoms with van der Waals surface area (Å²) in [7, 11) is 0. The van der Waals surface area contributed by atoms with Crippen LogP contribution in [0.15, 0.2) is 36.4 Å². The van der Waals surface area contributed by atoms with Gasteiger partial charge < -0.3 is 10.1 Å². The molecule has 1 aliphatic carbocycles. The molecule has 2 atom stereocenters. The molecule has 0 spiro atoms. The normalized spacial score (nSPS) is 27.2. The number of rotatable bonds is 5. The van der Waals surface area contributed by atoms with E-state index in [-0.39, 0.29) is 29.5 Å². The topological polar surface area (TPSA) is 41.6 Å². The molecule has 182 valence electrons. The Labute approximate surface area is 202 Å². The molecule has 1 N–H and O–H groups in total. The van der Waals surface area contributed by atoms with Crippen molar-refractivity contribution in [1.82, 2.24) is 10.2 Å². The van der Waals surface area contributed by atoms with Gasteiger partial charge in [0.15, 0.2) is 0 Å². The molecule has 2 aromatic rings. The number of hydrogen-bond donors (Lipinski definition) is 1. The quantitative estimate of drug-likeness (QED) is 0.566. The van der Waals surface area contributed by atoms with Crippen molar-refractivity contribution in [2.45, 2.75) is 71.4 Å². The molecule has 2 aromatic carbocycles. The SMILES string of the molecule is CCCc1ccc(-c2cc3c(cc2F)C(NC(=O)O[C@@H]2CN4CCC2CC4)C(C)(C)CC3)cc1. The van der Waals surface area contributed by atoms with Crippen LogP contribution >= 0.6 is 0 Å². The van der Waals surface area contributed by atoms with E-state index in [1.807, 2.05) is 18.2 Å². The number of piperidine rings is 3. The van der Waals surface area contributed by atoms with Crippen molar-refractivity contribution in [3.63, 3.8) is 0 Å². The number of nitrogens with one attached hydrogen (secondary N) is 1. The summed E-state index contributed by atoms with van der Waals surface area (Å²) < 4.78 is 21.3. The number of fused-ring (bicyclic) bond motifs is 4. The van der Waals surface area contributed by atoms with Gasteiger partial charge >= 0.3 is 6.09 Å². The van der Waals surface area contributed by atoms with Gasteiger partial charge in [-0.1, -0.05) is 51.5 Å². The first-order chi connectivity index (χ1) is 16.3. The van der Waals surface area contributed by atoms with Crippen molar-refractivity contribution in [2.24, 2.45) is 11.3 Å². The first-order valence-corrected chi connectivity index (χ1v) is 12.9. The zero-order valence-electron chi connectivity index (χ0n) is 20.7.